The minimum absolute atomic E-state index is 0.146. The molecule has 0 saturated carbocycles. The Labute approximate surface area is 120 Å². The van der Waals surface area contributed by atoms with E-state index < -0.39 is 12.1 Å². The van der Waals surface area contributed by atoms with Crippen LogP contribution in [0.2, 0.25) is 0 Å². The van der Waals surface area contributed by atoms with E-state index in [1.54, 1.807) is 24.3 Å². The second kappa shape index (κ2) is 5.63. The minimum Gasteiger partial charge on any atom is -0.392 e. The maximum Gasteiger partial charge on any atom is 0.258 e. The number of hydrogen-bond acceptors (Lipinski definition) is 5. The van der Waals surface area contributed by atoms with E-state index in [4.69, 9.17) is 0 Å². The molecule has 7 nitrogen and oxygen atoms in total. The van der Waals surface area contributed by atoms with E-state index in [0.717, 1.165) is 0 Å². The summed E-state index contributed by atoms with van der Waals surface area (Å²) in [6, 6.07) is 6.64. The summed E-state index contributed by atoms with van der Waals surface area (Å²) in [6.07, 6.45) is -0.0904. The number of nitrogens with one attached hydrogen (secondary N) is 3. The lowest BCUT2D eigenvalue weighted by atomic mass is 10.2. The summed E-state index contributed by atoms with van der Waals surface area (Å²) in [5, 5.41) is 15.5. The molecule has 1 amide bonds. The molecule has 2 atom stereocenters. The summed E-state index contributed by atoms with van der Waals surface area (Å²) >= 11 is 0. The number of fused-ring (bicyclic) bond motifs is 1. The Morgan fingerprint density at radius 2 is 2.24 bits per heavy atom. The molecule has 2 aromatic rings. The van der Waals surface area contributed by atoms with Gasteiger partial charge in [0.15, 0.2) is 0 Å². The van der Waals surface area contributed by atoms with Crippen LogP contribution in [0.1, 0.15) is 12.2 Å². The fraction of sp³-hybridized carbons (Fsp3) is 0.357. The summed E-state index contributed by atoms with van der Waals surface area (Å²) in [7, 11) is 0. The third-order valence-corrected chi connectivity index (χ3v) is 3.52. The summed E-state index contributed by atoms with van der Waals surface area (Å²) in [4.78, 5) is 30.8. The molecule has 7 heteroatoms. The van der Waals surface area contributed by atoms with Gasteiger partial charge in [0.25, 0.3) is 5.56 Å². The molecular formula is C14H16N4O3. The fourth-order valence-corrected chi connectivity index (χ4v) is 2.43. The van der Waals surface area contributed by atoms with Crippen molar-refractivity contribution in [2.45, 2.75) is 25.1 Å². The molecule has 1 aliphatic rings. The predicted octanol–water partition coefficient (Wildman–Crippen LogP) is -0.738. The van der Waals surface area contributed by atoms with Crippen LogP contribution in [-0.4, -0.2) is 39.7 Å². The number of para-hydroxylation sites is 1. The lowest BCUT2D eigenvalue weighted by Gasteiger charge is -2.10. The van der Waals surface area contributed by atoms with Crippen molar-refractivity contribution in [2.24, 2.45) is 0 Å². The van der Waals surface area contributed by atoms with Crippen molar-refractivity contribution >= 4 is 16.8 Å². The average Bonchev–Trinajstić information content (AvgIpc) is 2.91. The molecule has 1 fully saturated rings. The number of aliphatic hydroxyl groups excluding tert-OH is 1. The number of carbonyl (C=O) groups excluding carboxylic acids is 1. The summed E-state index contributed by atoms with van der Waals surface area (Å²) in [5.41, 5.74) is 0.374. The van der Waals surface area contributed by atoms with Crippen LogP contribution in [0.25, 0.3) is 10.9 Å². The van der Waals surface area contributed by atoms with Crippen molar-refractivity contribution < 1.29 is 9.90 Å². The van der Waals surface area contributed by atoms with Gasteiger partial charge >= 0.3 is 0 Å². The average molecular weight is 288 g/mol. The van der Waals surface area contributed by atoms with Crippen LogP contribution < -0.4 is 16.2 Å². The quantitative estimate of drug-likeness (QED) is 0.595. The van der Waals surface area contributed by atoms with Crippen molar-refractivity contribution in [3.63, 3.8) is 0 Å². The summed E-state index contributed by atoms with van der Waals surface area (Å²) in [5.74, 6) is 0.202. The molecule has 110 valence electrons. The Kier molecular flexibility index (Phi) is 3.68. The number of benzene rings is 1. The maximum atomic E-state index is 11.9. The molecule has 1 aromatic heterocycles. The van der Waals surface area contributed by atoms with E-state index in [-0.39, 0.29) is 18.0 Å². The van der Waals surface area contributed by atoms with Crippen LogP contribution >= 0.6 is 0 Å². The number of carbonyl (C=O) groups is 1. The molecule has 1 aromatic carbocycles. The zero-order valence-electron chi connectivity index (χ0n) is 11.3. The van der Waals surface area contributed by atoms with Crippen LogP contribution in [-0.2, 0) is 11.3 Å². The van der Waals surface area contributed by atoms with Crippen molar-refractivity contribution in [3.05, 3.63) is 40.4 Å². The lowest BCUT2D eigenvalue weighted by Crippen LogP contribution is -2.40. The van der Waals surface area contributed by atoms with E-state index in [0.29, 0.717) is 29.7 Å². The Balaban J connectivity index is 1.71. The molecule has 3 rings (SSSR count). The zero-order chi connectivity index (χ0) is 14.8. The van der Waals surface area contributed by atoms with Gasteiger partial charge in [-0.15, -0.1) is 0 Å². The van der Waals surface area contributed by atoms with Crippen LogP contribution in [0.4, 0.5) is 0 Å². The molecule has 0 aliphatic carbocycles. The highest BCUT2D eigenvalue weighted by atomic mass is 16.3. The smallest absolute Gasteiger partial charge is 0.258 e. The van der Waals surface area contributed by atoms with Gasteiger partial charge in [-0.05, 0) is 18.6 Å². The first-order valence-electron chi connectivity index (χ1n) is 6.80. The number of β-amino-alcohol motifs (C(OH)–C–C–N with tert-alkyl or cyclic N) is 1. The topological polar surface area (TPSA) is 107 Å². The van der Waals surface area contributed by atoms with Gasteiger partial charge in [-0.25, -0.2) is 4.98 Å². The summed E-state index contributed by atoms with van der Waals surface area (Å²) in [6.45, 7) is 0.566. The lowest BCUT2D eigenvalue weighted by molar-refractivity contribution is -0.123. The Morgan fingerprint density at radius 1 is 1.43 bits per heavy atom. The predicted molar refractivity (Wildman–Crippen MR) is 76.6 cm³/mol. The maximum absolute atomic E-state index is 11.9. The molecular weight excluding hydrogens is 272 g/mol. The highest BCUT2D eigenvalue weighted by Crippen LogP contribution is 2.07. The van der Waals surface area contributed by atoms with E-state index in [9.17, 15) is 14.7 Å². The molecule has 2 heterocycles. The SMILES string of the molecule is O=C(NCc1nc2ccccc2c(=O)[nH]1)[C@@H]1C[C@@H](O)CN1. The van der Waals surface area contributed by atoms with Gasteiger partial charge in [-0.1, -0.05) is 12.1 Å². The number of aromatic nitrogens is 2. The number of aromatic amines is 1. The van der Waals surface area contributed by atoms with Gasteiger partial charge in [0.1, 0.15) is 5.82 Å². The molecule has 4 N–H and O–H groups in total. The van der Waals surface area contributed by atoms with Gasteiger partial charge in [-0.3, -0.25) is 9.59 Å². The molecule has 0 unspecified atom stereocenters. The molecule has 0 spiro atoms. The molecule has 0 radical (unpaired) electrons. The van der Waals surface area contributed by atoms with Gasteiger partial charge in [-0.2, -0.15) is 0 Å². The zero-order valence-corrected chi connectivity index (χ0v) is 11.3. The first-order valence-corrected chi connectivity index (χ1v) is 6.80. The van der Waals surface area contributed by atoms with E-state index in [1.165, 1.54) is 0 Å². The Morgan fingerprint density at radius 3 is 3.00 bits per heavy atom. The first-order chi connectivity index (χ1) is 10.1. The molecule has 1 saturated heterocycles. The third-order valence-electron chi connectivity index (χ3n) is 3.52. The number of rotatable bonds is 3. The standard InChI is InChI=1S/C14H16N4O3/c19-8-5-11(15-6-8)14(21)16-7-12-17-10-4-2-1-3-9(10)13(20)18-12/h1-4,8,11,15,19H,5-7H2,(H,16,21)(H,17,18,20)/t8-,11+/m1/s1. The highest BCUT2D eigenvalue weighted by Gasteiger charge is 2.27. The van der Waals surface area contributed by atoms with Crippen molar-refractivity contribution in [1.82, 2.24) is 20.6 Å². The van der Waals surface area contributed by atoms with Gasteiger partial charge in [0.2, 0.25) is 5.91 Å². The van der Waals surface area contributed by atoms with Gasteiger partial charge in [0, 0.05) is 6.54 Å². The largest absolute Gasteiger partial charge is 0.392 e. The fourth-order valence-electron chi connectivity index (χ4n) is 2.43. The number of nitrogens with zero attached hydrogens (tertiary/aromatic N) is 1. The second-order valence-corrected chi connectivity index (χ2v) is 5.10. The molecule has 21 heavy (non-hydrogen) atoms. The number of H-pyrrole nitrogens is 1. The number of amides is 1. The molecule has 0 bridgehead atoms. The Bertz CT molecular complexity index is 727. The van der Waals surface area contributed by atoms with E-state index >= 15 is 0 Å². The van der Waals surface area contributed by atoms with Crippen LogP contribution in [0.3, 0.4) is 0 Å². The van der Waals surface area contributed by atoms with Crippen LogP contribution in [0.15, 0.2) is 29.1 Å². The number of hydrogen-bond donors (Lipinski definition) is 4. The van der Waals surface area contributed by atoms with Gasteiger partial charge in [0.05, 0.1) is 29.6 Å². The first kappa shape index (κ1) is 13.7. The Hall–Kier alpha value is -2.25. The van der Waals surface area contributed by atoms with Crippen LogP contribution in [0.5, 0.6) is 0 Å². The normalized spacial score (nSPS) is 21.6. The third kappa shape index (κ3) is 2.93. The highest BCUT2D eigenvalue weighted by molar-refractivity contribution is 5.82. The van der Waals surface area contributed by atoms with Crippen molar-refractivity contribution in [1.29, 1.82) is 0 Å². The molecule has 1 aliphatic heterocycles. The van der Waals surface area contributed by atoms with Gasteiger partial charge < -0.3 is 20.7 Å². The van der Waals surface area contributed by atoms with Crippen LogP contribution in [0, 0.1) is 0 Å². The monoisotopic (exact) mass is 288 g/mol. The van der Waals surface area contributed by atoms with E-state index in [1.807, 2.05) is 0 Å². The van der Waals surface area contributed by atoms with E-state index in [2.05, 4.69) is 20.6 Å². The van der Waals surface area contributed by atoms with Crippen molar-refractivity contribution in [3.8, 4) is 0 Å². The second-order valence-electron chi connectivity index (χ2n) is 5.10. The van der Waals surface area contributed by atoms with Crippen molar-refractivity contribution in [2.75, 3.05) is 6.54 Å². The minimum atomic E-state index is -0.487. The number of aliphatic hydroxyl groups is 1. The summed E-state index contributed by atoms with van der Waals surface area (Å²) < 4.78 is 0.